The molecule has 0 amide bonds. The van der Waals surface area contributed by atoms with Gasteiger partial charge in [-0.3, -0.25) is 0 Å². The molecule has 1 heterocycles. The SMILES string of the molecule is COc1ccc(C)c(-n2nnc(C(=O)O)c2C)c1. The summed E-state index contributed by atoms with van der Waals surface area (Å²) in [4.78, 5) is 10.9. The number of ether oxygens (including phenoxy) is 1. The molecule has 0 radical (unpaired) electrons. The first kappa shape index (κ1) is 12.1. The number of hydrogen-bond acceptors (Lipinski definition) is 4. The van der Waals surface area contributed by atoms with Crippen LogP contribution in [-0.2, 0) is 0 Å². The molecular formula is C12H13N3O3. The predicted molar refractivity (Wildman–Crippen MR) is 64.3 cm³/mol. The molecular weight excluding hydrogens is 234 g/mol. The van der Waals surface area contributed by atoms with Crippen molar-refractivity contribution in [2.24, 2.45) is 0 Å². The molecule has 1 N–H and O–H groups in total. The van der Waals surface area contributed by atoms with Gasteiger partial charge in [-0.05, 0) is 25.5 Å². The molecule has 0 unspecified atom stereocenters. The van der Waals surface area contributed by atoms with E-state index in [1.165, 1.54) is 4.68 Å². The summed E-state index contributed by atoms with van der Waals surface area (Å²) in [5.41, 5.74) is 2.16. The van der Waals surface area contributed by atoms with E-state index in [9.17, 15) is 4.79 Å². The van der Waals surface area contributed by atoms with Crippen LogP contribution in [-0.4, -0.2) is 33.2 Å². The molecule has 94 valence electrons. The van der Waals surface area contributed by atoms with Crippen molar-refractivity contribution in [3.63, 3.8) is 0 Å². The molecule has 0 saturated heterocycles. The van der Waals surface area contributed by atoms with E-state index in [0.29, 0.717) is 11.4 Å². The minimum Gasteiger partial charge on any atom is -0.497 e. The average Bonchev–Trinajstić information content (AvgIpc) is 2.72. The zero-order valence-electron chi connectivity index (χ0n) is 10.3. The van der Waals surface area contributed by atoms with Gasteiger partial charge >= 0.3 is 5.97 Å². The first-order chi connectivity index (χ1) is 8.54. The molecule has 2 rings (SSSR count). The molecule has 0 atom stereocenters. The Hall–Kier alpha value is -2.37. The maximum absolute atomic E-state index is 10.9. The van der Waals surface area contributed by atoms with Crippen LogP contribution in [0.25, 0.3) is 5.69 Å². The summed E-state index contributed by atoms with van der Waals surface area (Å²) in [6, 6.07) is 5.52. The first-order valence-corrected chi connectivity index (χ1v) is 5.35. The van der Waals surface area contributed by atoms with Crippen LogP contribution in [0, 0.1) is 13.8 Å². The van der Waals surface area contributed by atoms with Crippen molar-refractivity contribution in [1.82, 2.24) is 15.0 Å². The van der Waals surface area contributed by atoms with Gasteiger partial charge in [0.2, 0.25) is 0 Å². The molecule has 1 aromatic carbocycles. The lowest BCUT2D eigenvalue weighted by molar-refractivity contribution is 0.0689. The number of aromatic carboxylic acids is 1. The van der Waals surface area contributed by atoms with Crippen molar-refractivity contribution in [2.75, 3.05) is 7.11 Å². The molecule has 0 aliphatic heterocycles. The van der Waals surface area contributed by atoms with E-state index in [1.807, 2.05) is 19.1 Å². The summed E-state index contributed by atoms with van der Waals surface area (Å²) in [5, 5.41) is 16.5. The summed E-state index contributed by atoms with van der Waals surface area (Å²) in [7, 11) is 1.57. The molecule has 6 nitrogen and oxygen atoms in total. The van der Waals surface area contributed by atoms with Gasteiger partial charge in [0.25, 0.3) is 0 Å². The van der Waals surface area contributed by atoms with Crippen molar-refractivity contribution >= 4 is 5.97 Å². The third-order valence-electron chi connectivity index (χ3n) is 2.74. The van der Waals surface area contributed by atoms with Gasteiger partial charge in [-0.1, -0.05) is 11.3 Å². The Bertz CT molecular complexity index is 605. The third kappa shape index (κ3) is 1.92. The van der Waals surface area contributed by atoms with Gasteiger partial charge in [0.1, 0.15) is 5.75 Å². The van der Waals surface area contributed by atoms with E-state index in [4.69, 9.17) is 9.84 Å². The molecule has 6 heteroatoms. The molecule has 18 heavy (non-hydrogen) atoms. The van der Waals surface area contributed by atoms with Gasteiger partial charge in [0.15, 0.2) is 5.69 Å². The largest absolute Gasteiger partial charge is 0.497 e. The van der Waals surface area contributed by atoms with Crippen LogP contribution in [0.2, 0.25) is 0 Å². The summed E-state index contributed by atoms with van der Waals surface area (Å²) in [5.74, 6) is -0.401. The number of carboxylic acids is 1. The molecule has 1 aromatic heterocycles. The zero-order chi connectivity index (χ0) is 13.3. The number of aryl methyl sites for hydroxylation is 1. The van der Waals surface area contributed by atoms with E-state index in [-0.39, 0.29) is 5.69 Å². The summed E-state index contributed by atoms with van der Waals surface area (Å²) in [6.45, 7) is 3.58. The fourth-order valence-electron chi connectivity index (χ4n) is 1.70. The topological polar surface area (TPSA) is 77.2 Å². The van der Waals surface area contributed by atoms with E-state index >= 15 is 0 Å². The molecule has 0 spiro atoms. The van der Waals surface area contributed by atoms with Crippen molar-refractivity contribution in [3.8, 4) is 11.4 Å². The number of benzene rings is 1. The maximum atomic E-state index is 10.9. The van der Waals surface area contributed by atoms with Crippen molar-refractivity contribution in [1.29, 1.82) is 0 Å². The van der Waals surface area contributed by atoms with Crippen LogP contribution in [0.1, 0.15) is 21.7 Å². The van der Waals surface area contributed by atoms with Crippen LogP contribution in [0.3, 0.4) is 0 Å². The minimum atomic E-state index is -1.08. The zero-order valence-corrected chi connectivity index (χ0v) is 10.3. The standard InChI is InChI=1S/C12H13N3O3/c1-7-4-5-9(18-3)6-10(7)15-8(2)11(12(16)17)13-14-15/h4-6H,1-3H3,(H,16,17). The van der Waals surface area contributed by atoms with Gasteiger partial charge in [-0.15, -0.1) is 5.10 Å². The highest BCUT2D eigenvalue weighted by molar-refractivity contribution is 5.86. The normalized spacial score (nSPS) is 10.4. The molecule has 0 bridgehead atoms. The second-order valence-corrected chi connectivity index (χ2v) is 3.89. The molecule has 0 saturated carbocycles. The van der Waals surface area contributed by atoms with E-state index in [2.05, 4.69) is 10.3 Å². The fourth-order valence-corrected chi connectivity index (χ4v) is 1.70. The number of carbonyl (C=O) groups is 1. The van der Waals surface area contributed by atoms with E-state index < -0.39 is 5.97 Å². The summed E-state index contributed by atoms with van der Waals surface area (Å²) < 4.78 is 6.65. The maximum Gasteiger partial charge on any atom is 0.358 e. The van der Waals surface area contributed by atoms with Crippen molar-refractivity contribution < 1.29 is 14.6 Å². The third-order valence-corrected chi connectivity index (χ3v) is 2.74. The highest BCUT2D eigenvalue weighted by Crippen LogP contribution is 2.22. The van der Waals surface area contributed by atoms with Gasteiger partial charge in [-0.2, -0.15) is 0 Å². The lowest BCUT2D eigenvalue weighted by atomic mass is 10.2. The molecule has 2 aromatic rings. The number of methoxy groups -OCH3 is 1. The van der Waals surface area contributed by atoms with Crippen molar-refractivity contribution in [3.05, 3.63) is 35.2 Å². The second kappa shape index (κ2) is 4.48. The lowest BCUT2D eigenvalue weighted by Gasteiger charge is -2.09. The number of rotatable bonds is 3. The predicted octanol–water partition coefficient (Wildman–Crippen LogP) is 1.59. The van der Waals surface area contributed by atoms with Gasteiger partial charge in [0.05, 0.1) is 18.5 Å². The van der Waals surface area contributed by atoms with Gasteiger partial charge < -0.3 is 9.84 Å². The smallest absolute Gasteiger partial charge is 0.358 e. The van der Waals surface area contributed by atoms with Crippen LogP contribution in [0.5, 0.6) is 5.75 Å². The Morgan fingerprint density at radius 1 is 1.39 bits per heavy atom. The van der Waals surface area contributed by atoms with E-state index in [1.54, 1.807) is 20.1 Å². The first-order valence-electron chi connectivity index (χ1n) is 5.35. The quantitative estimate of drug-likeness (QED) is 0.891. The van der Waals surface area contributed by atoms with Crippen LogP contribution in [0.4, 0.5) is 0 Å². The van der Waals surface area contributed by atoms with E-state index in [0.717, 1.165) is 11.3 Å². The number of hydrogen-bond donors (Lipinski definition) is 1. The number of nitrogens with zero attached hydrogens (tertiary/aromatic N) is 3. The second-order valence-electron chi connectivity index (χ2n) is 3.89. The van der Waals surface area contributed by atoms with Gasteiger partial charge in [-0.25, -0.2) is 9.48 Å². The average molecular weight is 247 g/mol. The molecule has 0 aliphatic carbocycles. The Labute approximate surface area is 104 Å². The van der Waals surface area contributed by atoms with Crippen LogP contribution in [0.15, 0.2) is 18.2 Å². The monoisotopic (exact) mass is 247 g/mol. The van der Waals surface area contributed by atoms with Gasteiger partial charge in [0, 0.05) is 6.07 Å². The highest BCUT2D eigenvalue weighted by atomic mass is 16.5. The molecule has 0 fully saturated rings. The highest BCUT2D eigenvalue weighted by Gasteiger charge is 2.17. The Morgan fingerprint density at radius 3 is 2.67 bits per heavy atom. The van der Waals surface area contributed by atoms with Crippen LogP contribution < -0.4 is 4.74 Å². The Morgan fingerprint density at radius 2 is 2.11 bits per heavy atom. The summed E-state index contributed by atoms with van der Waals surface area (Å²) in [6.07, 6.45) is 0. The fraction of sp³-hybridized carbons (Fsp3) is 0.250. The lowest BCUT2D eigenvalue weighted by Crippen LogP contribution is -2.04. The summed E-state index contributed by atoms with van der Waals surface area (Å²) >= 11 is 0. The number of aromatic nitrogens is 3. The number of carboxylic acid groups (broad SMARTS) is 1. The minimum absolute atomic E-state index is 0.0442. The molecule has 0 aliphatic rings. The Kier molecular flexibility index (Phi) is 3.01. The van der Waals surface area contributed by atoms with Crippen molar-refractivity contribution in [2.45, 2.75) is 13.8 Å². The van der Waals surface area contributed by atoms with Crippen LogP contribution >= 0.6 is 0 Å². The Balaban J connectivity index is 2.58.